The van der Waals surface area contributed by atoms with E-state index in [2.05, 4.69) is 15.5 Å². The van der Waals surface area contributed by atoms with Crippen molar-refractivity contribution >= 4 is 34.1 Å². The van der Waals surface area contributed by atoms with Gasteiger partial charge in [0.1, 0.15) is 5.82 Å². The van der Waals surface area contributed by atoms with Crippen LogP contribution in [0.2, 0.25) is 5.02 Å². The molecule has 0 bridgehead atoms. The van der Waals surface area contributed by atoms with Crippen molar-refractivity contribution in [1.82, 2.24) is 19.6 Å². The first-order chi connectivity index (χ1) is 13.6. The minimum absolute atomic E-state index is 0.126. The minimum Gasteiger partial charge on any atom is -0.323 e. The van der Waals surface area contributed by atoms with Crippen LogP contribution in [0.1, 0.15) is 12.0 Å². The van der Waals surface area contributed by atoms with Crippen molar-refractivity contribution < 1.29 is 9.18 Å². The first-order valence-electron chi connectivity index (χ1n) is 8.75. The molecule has 28 heavy (non-hydrogen) atoms. The molecule has 8 heteroatoms. The van der Waals surface area contributed by atoms with E-state index in [4.69, 9.17) is 11.6 Å². The lowest BCUT2D eigenvalue weighted by atomic mass is 10.2. The van der Waals surface area contributed by atoms with Gasteiger partial charge >= 0.3 is 0 Å². The van der Waals surface area contributed by atoms with E-state index in [1.807, 2.05) is 12.1 Å². The molecule has 0 saturated carbocycles. The van der Waals surface area contributed by atoms with E-state index in [0.29, 0.717) is 23.8 Å². The maximum absolute atomic E-state index is 13.0. The Hall–Kier alpha value is -3.19. The molecule has 1 N–H and O–H groups in total. The molecule has 0 fully saturated rings. The molecule has 0 saturated heterocycles. The molecule has 2 heterocycles. The van der Waals surface area contributed by atoms with Crippen molar-refractivity contribution in [2.24, 2.45) is 0 Å². The number of carbonyl (C=O) groups excluding carboxylic acids is 1. The van der Waals surface area contributed by atoms with Gasteiger partial charge in [0.25, 0.3) is 0 Å². The highest BCUT2D eigenvalue weighted by Gasteiger charge is 2.08. The molecule has 0 atom stereocenters. The van der Waals surface area contributed by atoms with E-state index in [1.54, 1.807) is 46.2 Å². The molecule has 1 amide bonds. The molecule has 2 aromatic carbocycles. The smallest absolute Gasteiger partial charge is 0.226 e. The number of nitrogens with zero attached hydrogens (tertiary/aromatic N) is 4. The fourth-order valence-corrected chi connectivity index (χ4v) is 3.14. The molecule has 142 valence electrons. The van der Waals surface area contributed by atoms with Crippen molar-refractivity contribution in [1.29, 1.82) is 0 Å². The first kappa shape index (κ1) is 18.2. The number of amides is 1. The predicted octanol–water partition coefficient (Wildman–Crippen LogP) is 4.10. The highest BCUT2D eigenvalue weighted by atomic mass is 35.5. The number of anilines is 1. The van der Waals surface area contributed by atoms with Gasteiger partial charge in [0.05, 0.1) is 36.7 Å². The monoisotopic (exact) mass is 397 g/mol. The van der Waals surface area contributed by atoms with Gasteiger partial charge in [-0.15, -0.1) is 0 Å². The van der Waals surface area contributed by atoms with E-state index in [0.717, 1.165) is 16.5 Å². The van der Waals surface area contributed by atoms with Crippen molar-refractivity contribution in [3.63, 3.8) is 0 Å². The number of rotatable bonds is 6. The zero-order valence-corrected chi connectivity index (χ0v) is 15.6. The molecule has 0 aliphatic carbocycles. The van der Waals surface area contributed by atoms with Crippen LogP contribution in [0.15, 0.2) is 61.1 Å². The van der Waals surface area contributed by atoms with Gasteiger partial charge in [-0.05, 0) is 35.9 Å². The SMILES string of the molecule is O=C(CCn1ncc2cc(Cl)ccc21)Nc1cnn(Cc2ccc(F)cc2)c1. The Morgan fingerprint density at radius 1 is 1.11 bits per heavy atom. The molecule has 0 unspecified atom stereocenters. The maximum atomic E-state index is 13.0. The Labute approximate surface area is 165 Å². The average Bonchev–Trinajstić information content (AvgIpc) is 3.28. The Morgan fingerprint density at radius 2 is 1.93 bits per heavy atom. The number of hydrogen-bond acceptors (Lipinski definition) is 3. The van der Waals surface area contributed by atoms with E-state index in [-0.39, 0.29) is 18.1 Å². The van der Waals surface area contributed by atoms with Crippen molar-refractivity contribution in [3.8, 4) is 0 Å². The second-order valence-corrected chi connectivity index (χ2v) is 6.86. The number of halogens is 2. The molecule has 0 spiro atoms. The molecule has 0 aliphatic heterocycles. The fraction of sp³-hybridized carbons (Fsp3) is 0.150. The molecule has 0 radical (unpaired) electrons. The summed E-state index contributed by atoms with van der Waals surface area (Å²) < 4.78 is 16.4. The van der Waals surface area contributed by atoms with Crippen LogP contribution in [0.5, 0.6) is 0 Å². The summed E-state index contributed by atoms with van der Waals surface area (Å²) in [6.45, 7) is 0.957. The second-order valence-electron chi connectivity index (χ2n) is 6.42. The number of nitrogens with one attached hydrogen (secondary N) is 1. The van der Waals surface area contributed by atoms with Crippen LogP contribution in [-0.2, 0) is 17.9 Å². The Kier molecular flexibility index (Phi) is 5.08. The Balaban J connectivity index is 1.33. The van der Waals surface area contributed by atoms with Gasteiger partial charge in [0, 0.05) is 23.0 Å². The van der Waals surface area contributed by atoms with Crippen molar-refractivity contribution in [2.45, 2.75) is 19.5 Å². The third-order valence-corrected chi connectivity index (χ3v) is 4.56. The lowest BCUT2D eigenvalue weighted by Gasteiger charge is -2.05. The highest BCUT2D eigenvalue weighted by molar-refractivity contribution is 6.31. The van der Waals surface area contributed by atoms with E-state index < -0.39 is 0 Å². The maximum Gasteiger partial charge on any atom is 0.226 e. The number of fused-ring (bicyclic) bond motifs is 1. The van der Waals surface area contributed by atoms with E-state index in [9.17, 15) is 9.18 Å². The molecule has 6 nitrogen and oxygen atoms in total. The summed E-state index contributed by atoms with van der Waals surface area (Å²) in [4.78, 5) is 12.3. The van der Waals surface area contributed by atoms with Crippen LogP contribution in [-0.4, -0.2) is 25.5 Å². The summed E-state index contributed by atoms with van der Waals surface area (Å²) >= 11 is 5.98. The molecule has 2 aromatic heterocycles. The number of hydrogen-bond donors (Lipinski definition) is 1. The molecule has 4 rings (SSSR count). The summed E-state index contributed by atoms with van der Waals surface area (Å²) in [7, 11) is 0. The molecule has 4 aromatic rings. The lowest BCUT2D eigenvalue weighted by Crippen LogP contribution is -2.14. The van der Waals surface area contributed by atoms with Gasteiger partial charge in [-0.25, -0.2) is 4.39 Å². The van der Waals surface area contributed by atoms with Crippen LogP contribution in [0, 0.1) is 5.82 Å². The number of aromatic nitrogens is 4. The van der Waals surface area contributed by atoms with Gasteiger partial charge in [-0.2, -0.15) is 10.2 Å². The molecular formula is C20H17ClFN5O. The van der Waals surface area contributed by atoms with Gasteiger partial charge in [0.15, 0.2) is 0 Å². The Bertz CT molecular complexity index is 1120. The summed E-state index contributed by atoms with van der Waals surface area (Å²) in [6, 6.07) is 11.8. The Morgan fingerprint density at radius 3 is 2.75 bits per heavy atom. The number of benzene rings is 2. The van der Waals surface area contributed by atoms with Crippen LogP contribution in [0.25, 0.3) is 10.9 Å². The minimum atomic E-state index is -0.273. The second kappa shape index (κ2) is 7.82. The van der Waals surface area contributed by atoms with Crippen LogP contribution in [0.3, 0.4) is 0 Å². The summed E-state index contributed by atoms with van der Waals surface area (Å²) in [5, 5.41) is 13.0. The van der Waals surface area contributed by atoms with Gasteiger partial charge in [-0.3, -0.25) is 14.2 Å². The third-order valence-electron chi connectivity index (χ3n) is 4.33. The van der Waals surface area contributed by atoms with Crippen molar-refractivity contribution in [2.75, 3.05) is 5.32 Å². The average molecular weight is 398 g/mol. The quantitative estimate of drug-likeness (QED) is 0.532. The third kappa shape index (κ3) is 4.20. The van der Waals surface area contributed by atoms with Crippen LogP contribution in [0.4, 0.5) is 10.1 Å². The fourth-order valence-electron chi connectivity index (χ4n) is 2.96. The topological polar surface area (TPSA) is 64.7 Å². The molecule has 0 aliphatic rings. The zero-order chi connectivity index (χ0) is 19.5. The lowest BCUT2D eigenvalue weighted by molar-refractivity contribution is -0.116. The van der Waals surface area contributed by atoms with E-state index in [1.165, 1.54) is 12.1 Å². The van der Waals surface area contributed by atoms with Gasteiger partial charge < -0.3 is 5.32 Å². The standard InChI is InChI=1S/C20H17ClFN5O/c21-16-3-6-19-15(9-16)10-24-27(19)8-7-20(28)25-18-11-23-26(13-18)12-14-1-4-17(22)5-2-14/h1-6,9-11,13H,7-8,12H2,(H,25,28). The number of carbonyl (C=O) groups is 1. The van der Waals surface area contributed by atoms with Gasteiger partial charge in [-0.1, -0.05) is 23.7 Å². The normalized spacial score (nSPS) is 11.1. The summed E-state index contributed by atoms with van der Waals surface area (Å²) in [5.74, 6) is -0.399. The number of aryl methyl sites for hydroxylation is 1. The summed E-state index contributed by atoms with van der Waals surface area (Å²) in [6.07, 6.45) is 5.35. The largest absolute Gasteiger partial charge is 0.323 e. The zero-order valence-electron chi connectivity index (χ0n) is 14.8. The highest BCUT2D eigenvalue weighted by Crippen LogP contribution is 2.19. The first-order valence-corrected chi connectivity index (χ1v) is 9.12. The van der Waals surface area contributed by atoms with Crippen LogP contribution >= 0.6 is 11.6 Å². The predicted molar refractivity (Wildman–Crippen MR) is 106 cm³/mol. The molecular weight excluding hydrogens is 381 g/mol. The van der Waals surface area contributed by atoms with Crippen molar-refractivity contribution in [3.05, 3.63) is 77.5 Å². The van der Waals surface area contributed by atoms with Gasteiger partial charge in [0.2, 0.25) is 5.91 Å². The summed E-state index contributed by atoms with van der Waals surface area (Å²) in [5.41, 5.74) is 2.47. The van der Waals surface area contributed by atoms with E-state index >= 15 is 0 Å². The van der Waals surface area contributed by atoms with Crippen LogP contribution < -0.4 is 5.32 Å².